The SMILES string of the molecule is CC(C)CC(C(=O)O)c1ccc(OC(C)C)c(F)c1. The van der Waals surface area contributed by atoms with Gasteiger partial charge in [0.05, 0.1) is 12.0 Å². The quantitative estimate of drug-likeness (QED) is 0.853. The molecule has 1 aromatic rings. The molecule has 0 amide bonds. The van der Waals surface area contributed by atoms with E-state index in [-0.39, 0.29) is 17.8 Å². The predicted octanol–water partition coefficient (Wildman–Crippen LogP) is 3.83. The molecule has 0 fully saturated rings. The number of carboxylic acid groups (broad SMARTS) is 1. The molecule has 0 aliphatic carbocycles. The summed E-state index contributed by atoms with van der Waals surface area (Å²) in [5.41, 5.74) is 0.481. The van der Waals surface area contributed by atoms with Crippen molar-refractivity contribution in [2.24, 2.45) is 5.92 Å². The minimum Gasteiger partial charge on any atom is -0.488 e. The summed E-state index contributed by atoms with van der Waals surface area (Å²) in [5.74, 6) is -1.72. The number of rotatable bonds is 6. The molecule has 1 aromatic carbocycles. The summed E-state index contributed by atoms with van der Waals surface area (Å²) in [7, 11) is 0. The van der Waals surface area contributed by atoms with E-state index in [0.717, 1.165) is 0 Å². The molecule has 19 heavy (non-hydrogen) atoms. The Morgan fingerprint density at radius 1 is 1.32 bits per heavy atom. The van der Waals surface area contributed by atoms with Gasteiger partial charge in [-0.25, -0.2) is 4.39 Å². The van der Waals surface area contributed by atoms with Gasteiger partial charge in [-0.3, -0.25) is 4.79 Å². The van der Waals surface area contributed by atoms with Crippen molar-refractivity contribution in [2.75, 3.05) is 0 Å². The maximum absolute atomic E-state index is 13.9. The molecule has 0 bridgehead atoms. The van der Waals surface area contributed by atoms with E-state index in [4.69, 9.17) is 4.74 Å². The van der Waals surface area contributed by atoms with Gasteiger partial charge >= 0.3 is 5.97 Å². The second-order valence-electron chi connectivity index (χ2n) is 5.38. The highest BCUT2D eigenvalue weighted by Crippen LogP contribution is 2.28. The summed E-state index contributed by atoms with van der Waals surface area (Å²) in [5, 5.41) is 9.23. The Bertz CT molecular complexity index is 441. The molecule has 0 saturated carbocycles. The van der Waals surface area contributed by atoms with Gasteiger partial charge in [-0.1, -0.05) is 19.9 Å². The van der Waals surface area contributed by atoms with Crippen molar-refractivity contribution in [1.29, 1.82) is 0 Å². The van der Waals surface area contributed by atoms with Crippen molar-refractivity contribution in [3.8, 4) is 5.75 Å². The second kappa shape index (κ2) is 6.55. The topological polar surface area (TPSA) is 46.5 Å². The number of aliphatic carboxylic acids is 1. The maximum Gasteiger partial charge on any atom is 0.310 e. The lowest BCUT2D eigenvalue weighted by Gasteiger charge is -2.17. The summed E-state index contributed by atoms with van der Waals surface area (Å²) in [6, 6.07) is 4.39. The number of benzene rings is 1. The lowest BCUT2D eigenvalue weighted by molar-refractivity contribution is -0.139. The molecule has 1 atom stereocenters. The lowest BCUT2D eigenvalue weighted by Crippen LogP contribution is -2.14. The third-order valence-electron chi connectivity index (χ3n) is 2.73. The zero-order chi connectivity index (χ0) is 14.6. The molecule has 4 heteroatoms. The van der Waals surface area contributed by atoms with Gasteiger partial charge in [0, 0.05) is 0 Å². The first kappa shape index (κ1) is 15.5. The van der Waals surface area contributed by atoms with Crippen LogP contribution in [-0.2, 0) is 4.79 Å². The van der Waals surface area contributed by atoms with Gasteiger partial charge in [0.25, 0.3) is 0 Å². The lowest BCUT2D eigenvalue weighted by atomic mass is 9.90. The average Bonchev–Trinajstić information content (AvgIpc) is 2.27. The number of carbonyl (C=O) groups is 1. The van der Waals surface area contributed by atoms with Crippen LogP contribution in [0, 0.1) is 11.7 Å². The first-order valence-corrected chi connectivity index (χ1v) is 6.50. The standard InChI is InChI=1S/C15H21FO3/c1-9(2)7-12(15(17)18)11-5-6-14(13(16)8-11)19-10(3)4/h5-6,8-10,12H,7H2,1-4H3,(H,17,18). The van der Waals surface area contributed by atoms with Gasteiger partial charge in [0.2, 0.25) is 0 Å². The van der Waals surface area contributed by atoms with Crippen LogP contribution in [0.1, 0.15) is 45.6 Å². The fraction of sp³-hybridized carbons (Fsp3) is 0.533. The van der Waals surface area contributed by atoms with Gasteiger partial charge in [-0.15, -0.1) is 0 Å². The number of halogens is 1. The molecule has 0 aliphatic heterocycles. The zero-order valence-electron chi connectivity index (χ0n) is 11.8. The van der Waals surface area contributed by atoms with Crippen molar-refractivity contribution >= 4 is 5.97 Å². The van der Waals surface area contributed by atoms with Crippen LogP contribution in [0.5, 0.6) is 5.75 Å². The van der Waals surface area contributed by atoms with Crippen molar-refractivity contribution in [2.45, 2.75) is 46.1 Å². The molecule has 0 radical (unpaired) electrons. The third-order valence-corrected chi connectivity index (χ3v) is 2.73. The molecular weight excluding hydrogens is 247 g/mol. The van der Waals surface area contributed by atoms with Gasteiger partial charge in [0.15, 0.2) is 11.6 Å². The summed E-state index contributed by atoms with van der Waals surface area (Å²) >= 11 is 0. The Labute approximate surface area is 113 Å². The molecule has 3 nitrogen and oxygen atoms in total. The second-order valence-corrected chi connectivity index (χ2v) is 5.38. The Morgan fingerprint density at radius 3 is 2.37 bits per heavy atom. The average molecular weight is 268 g/mol. The van der Waals surface area contributed by atoms with E-state index in [1.807, 2.05) is 27.7 Å². The fourth-order valence-electron chi connectivity index (χ4n) is 1.93. The monoisotopic (exact) mass is 268 g/mol. The number of carboxylic acids is 1. The van der Waals surface area contributed by atoms with Crippen LogP contribution < -0.4 is 4.74 Å². The predicted molar refractivity (Wildman–Crippen MR) is 72.0 cm³/mol. The molecule has 1 unspecified atom stereocenters. The van der Waals surface area contributed by atoms with E-state index in [2.05, 4.69) is 0 Å². The van der Waals surface area contributed by atoms with Crippen LogP contribution in [0.2, 0.25) is 0 Å². The summed E-state index contributed by atoms with van der Waals surface area (Å²) < 4.78 is 19.2. The number of hydrogen-bond donors (Lipinski definition) is 1. The van der Waals surface area contributed by atoms with Gasteiger partial charge in [-0.05, 0) is 43.9 Å². The minimum atomic E-state index is -0.925. The molecule has 1 rings (SSSR count). The summed E-state index contributed by atoms with van der Waals surface area (Å²) in [6.07, 6.45) is 0.366. The fourth-order valence-corrected chi connectivity index (χ4v) is 1.93. The van der Waals surface area contributed by atoms with Crippen LogP contribution in [-0.4, -0.2) is 17.2 Å². The zero-order valence-corrected chi connectivity index (χ0v) is 11.8. The minimum absolute atomic E-state index is 0.119. The van der Waals surface area contributed by atoms with E-state index >= 15 is 0 Å². The highest BCUT2D eigenvalue weighted by molar-refractivity contribution is 5.76. The van der Waals surface area contributed by atoms with E-state index in [9.17, 15) is 14.3 Å². The first-order valence-electron chi connectivity index (χ1n) is 6.50. The van der Waals surface area contributed by atoms with Crippen LogP contribution in [0.15, 0.2) is 18.2 Å². The van der Waals surface area contributed by atoms with E-state index in [1.165, 1.54) is 12.1 Å². The van der Waals surface area contributed by atoms with Crippen molar-refractivity contribution in [3.05, 3.63) is 29.6 Å². The van der Waals surface area contributed by atoms with Crippen LogP contribution in [0.3, 0.4) is 0 Å². The van der Waals surface area contributed by atoms with Crippen molar-refractivity contribution < 1.29 is 19.0 Å². The Morgan fingerprint density at radius 2 is 1.95 bits per heavy atom. The molecular formula is C15H21FO3. The van der Waals surface area contributed by atoms with E-state index < -0.39 is 17.7 Å². The van der Waals surface area contributed by atoms with Crippen LogP contribution in [0.25, 0.3) is 0 Å². The molecule has 0 aliphatic rings. The molecule has 106 valence electrons. The van der Waals surface area contributed by atoms with Crippen molar-refractivity contribution in [3.63, 3.8) is 0 Å². The normalized spacial score (nSPS) is 12.8. The highest BCUT2D eigenvalue weighted by Gasteiger charge is 2.22. The summed E-state index contributed by atoms with van der Waals surface area (Å²) in [4.78, 5) is 11.3. The maximum atomic E-state index is 13.9. The van der Waals surface area contributed by atoms with Gasteiger partial charge < -0.3 is 9.84 Å². The van der Waals surface area contributed by atoms with E-state index in [1.54, 1.807) is 6.07 Å². The molecule has 0 heterocycles. The summed E-state index contributed by atoms with van der Waals surface area (Å²) in [6.45, 7) is 7.52. The number of ether oxygens (including phenoxy) is 1. The first-order chi connectivity index (χ1) is 8.81. The third kappa shape index (κ3) is 4.54. The van der Waals surface area contributed by atoms with E-state index in [0.29, 0.717) is 12.0 Å². The van der Waals surface area contributed by atoms with Gasteiger partial charge in [0.1, 0.15) is 0 Å². The Balaban J connectivity index is 2.99. The van der Waals surface area contributed by atoms with Gasteiger partial charge in [-0.2, -0.15) is 0 Å². The molecule has 0 spiro atoms. The molecule has 0 aromatic heterocycles. The Kier molecular flexibility index (Phi) is 5.33. The van der Waals surface area contributed by atoms with Crippen molar-refractivity contribution in [1.82, 2.24) is 0 Å². The Hall–Kier alpha value is -1.58. The van der Waals surface area contributed by atoms with Crippen LogP contribution >= 0.6 is 0 Å². The largest absolute Gasteiger partial charge is 0.488 e. The van der Waals surface area contributed by atoms with Crippen LogP contribution in [0.4, 0.5) is 4.39 Å². The molecule has 0 saturated heterocycles. The highest BCUT2D eigenvalue weighted by atomic mass is 19.1. The smallest absolute Gasteiger partial charge is 0.310 e. The number of hydrogen-bond acceptors (Lipinski definition) is 2. The molecule has 1 N–H and O–H groups in total.